The van der Waals surface area contributed by atoms with Crippen LogP contribution >= 0.6 is 0 Å². The Bertz CT molecular complexity index is 231. The molecule has 47 valence electrons. The van der Waals surface area contributed by atoms with E-state index in [4.69, 9.17) is 0 Å². The van der Waals surface area contributed by atoms with Gasteiger partial charge < -0.3 is 0 Å². The molecule has 3 radical (unpaired) electrons. The van der Waals surface area contributed by atoms with Crippen molar-refractivity contribution in [1.82, 2.24) is 0 Å². The molecule has 0 saturated heterocycles. The van der Waals surface area contributed by atoms with Crippen LogP contribution < -0.4 is 6.64 Å². The molecule has 0 aliphatic rings. The molecule has 10 heavy (non-hydrogen) atoms. The molecule has 0 saturated carbocycles. The monoisotopic (exact) mass is 335 g/mol. The van der Waals surface area contributed by atoms with Crippen LogP contribution in [0.15, 0.2) is 18.2 Å². The van der Waals surface area contributed by atoms with E-state index in [2.05, 4.69) is 29.8 Å². The van der Waals surface area contributed by atoms with Crippen LogP contribution in [0.1, 0.15) is 5.56 Å². The number of hydrogen-bond donors (Lipinski definition) is 0. The molecule has 0 nitrogen and oxygen atoms in total. The van der Waals surface area contributed by atoms with Crippen molar-refractivity contribution in [2.24, 2.45) is 0 Å². The fourth-order valence-electron chi connectivity index (χ4n) is 0.944. The van der Waals surface area contributed by atoms with Crippen molar-refractivity contribution in [2.45, 2.75) is 11.6 Å². The van der Waals surface area contributed by atoms with Gasteiger partial charge in [0, 0.05) is 0 Å². The van der Waals surface area contributed by atoms with Crippen LogP contribution in [0.2, 0.25) is 4.68 Å². The van der Waals surface area contributed by atoms with Gasteiger partial charge in [-0.15, -0.1) is 0 Å². The Morgan fingerprint density at radius 3 is 2.60 bits per heavy atom. The van der Waals surface area contributed by atoms with E-state index in [0.29, 0.717) is 0 Å². The zero-order valence-electron chi connectivity index (χ0n) is 6.39. The standard InChI is InChI=1S/C7H6.CH3.2In/c1-7-5-3-2-4-6-7;;;/h3,5-6H,1H3;1H3;;. The van der Waals surface area contributed by atoms with Crippen molar-refractivity contribution in [1.29, 1.82) is 0 Å². The van der Waals surface area contributed by atoms with Gasteiger partial charge in [0.1, 0.15) is 0 Å². The van der Waals surface area contributed by atoms with Crippen LogP contribution in [-0.2, 0) is 0 Å². The summed E-state index contributed by atoms with van der Waals surface area (Å²) in [4.78, 5) is 0. The second kappa shape index (κ2) is 4.10. The molecule has 0 aliphatic heterocycles. The van der Waals surface area contributed by atoms with Crippen molar-refractivity contribution in [3.05, 3.63) is 23.8 Å². The molecular formula is C8H9In2. The second-order valence-electron chi connectivity index (χ2n) is 2.42. The number of hydrogen-bond acceptors (Lipinski definition) is 0. The molecule has 0 amide bonds. The van der Waals surface area contributed by atoms with Gasteiger partial charge in [-0.25, -0.2) is 0 Å². The minimum atomic E-state index is -0.333. The molecule has 0 aromatic heterocycles. The summed E-state index contributed by atoms with van der Waals surface area (Å²) >= 11 is 0.960. The van der Waals surface area contributed by atoms with Crippen LogP contribution in [0, 0.1) is 6.92 Å². The van der Waals surface area contributed by atoms with Gasteiger partial charge in [-0.2, -0.15) is 0 Å². The summed E-state index contributed by atoms with van der Waals surface area (Å²) in [5, 5.41) is 0. The summed E-state index contributed by atoms with van der Waals surface area (Å²) in [5.74, 6) is 0. The van der Waals surface area contributed by atoms with Crippen molar-refractivity contribution >= 4 is 53.9 Å². The second-order valence-corrected chi connectivity index (χ2v) is 7.62. The Labute approximate surface area is 88.3 Å². The van der Waals surface area contributed by atoms with Crippen LogP contribution in [0.5, 0.6) is 0 Å². The zero-order valence-corrected chi connectivity index (χ0v) is 13.0. The molecule has 0 fully saturated rings. The molecule has 2 heteroatoms. The fourth-order valence-corrected chi connectivity index (χ4v) is 7.10. The molecule has 0 unspecified atom stereocenters. The topological polar surface area (TPSA) is 0 Å². The van der Waals surface area contributed by atoms with Gasteiger partial charge >= 0.3 is 89.3 Å². The van der Waals surface area contributed by atoms with Crippen molar-refractivity contribution in [2.75, 3.05) is 0 Å². The van der Waals surface area contributed by atoms with Crippen LogP contribution in [0.25, 0.3) is 0 Å². The molecule has 0 aliphatic carbocycles. The van der Waals surface area contributed by atoms with E-state index < -0.39 is 0 Å². The molecule has 0 spiro atoms. The number of rotatable bonds is 1. The van der Waals surface area contributed by atoms with Crippen molar-refractivity contribution in [3.8, 4) is 0 Å². The van der Waals surface area contributed by atoms with E-state index in [0.717, 1.165) is 0 Å². The third kappa shape index (κ3) is 2.23. The zero-order chi connectivity index (χ0) is 7.56. The SMILES string of the molecule is [CH3][In][c]1cc(C)cc[c]1[In]. The molecule has 1 rings (SSSR count). The summed E-state index contributed by atoms with van der Waals surface area (Å²) in [7, 11) is 0. The molecule has 1 aromatic rings. The van der Waals surface area contributed by atoms with E-state index in [9.17, 15) is 0 Å². The van der Waals surface area contributed by atoms with Crippen molar-refractivity contribution in [3.63, 3.8) is 0 Å². The third-order valence-electron chi connectivity index (χ3n) is 1.55. The minimum absolute atomic E-state index is 0.333. The fraction of sp³-hybridized carbons (Fsp3) is 0.250. The summed E-state index contributed by atoms with van der Waals surface area (Å²) in [6.07, 6.45) is 0. The molecule has 0 heterocycles. The van der Waals surface area contributed by atoms with E-state index in [-0.39, 0.29) is 22.9 Å². The van der Waals surface area contributed by atoms with Gasteiger partial charge in [-0.05, 0) is 0 Å². The van der Waals surface area contributed by atoms with Crippen LogP contribution in [0.4, 0.5) is 0 Å². The predicted molar refractivity (Wildman–Crippen MR) is 47.8 cm³/mol. The van der Waals surface area contributed by atoms with Crippen molar-refractivity contribution < 1.29 is 0 Å². The van der Waals surface area contributed by atoms with E-state index in [1.54, 1.807) is 6.64 Å². The van der Waals surface area contributed by atoms with Gasteiger partial charge in [0.2, 0.25) is 0 Å². The Morgan fingerprint density at radius 2 is 2.10 bits per heavy atom. The number of aryl methyl sites for hydroxylation is 1. The third-order valence-corrected chi connectivity index (χ3v) is 8.97. The molecule has 0 bridgehead atoms. The van der Waals surface area contributed by atoms with Gasteiger partial charge in [-0.3, -0.25) is 0 Å². The first-order valence-corrected chi connectivity index (χ1v) is 9.98. The van der Waals surface area contributed by atoms with Gasteiger partial charge in [0.25, 0.3) is 0 Å². The van der Waals surface area contributed by atoms with Gasteiger partial charge in [0.05, 0.1) is 0 Å². The average molecular weight is 335 g/mol. The summed E-state index contributed by atoms with van der Waals surface area (Å²) in [5.41, 5.74) is 1.43. The van der Waals surface area contributed by atoms with E-state index in [1.165, 1.54) is 29.9 Å². The van der Waals surface area contributed by atoms with Gasteiger partial charge in [0.15, 0.2) is 0 Å². The quantitative estimate of drug-likeness (QED) is 0.687. The molecule has 0 N–H and O–H groups in total. The first-order chi connectivity index (χ1) is 4.74. The number of benzene rings is 1. The van der Waals surface area contributed by atoms with Gasteiger partial charge in [-0.1, -0.05) is 0 Å². The summed E-state index contributed by atoms with van der Waals surface area (Å²) in [6, 6.07) is 6.89. The Hall–Kier alpha value is 0.960. The maximum atomic E-state index is 2.41. The average Bonchev–Trinajstić information content (AvgIpc) is 1.94. The first-order valence-electron chi connectivity index (χ1n) is 3.39. The van der Waals surface area contributed by atoms with E-state index >= 15 is 0 Å². The maximum absolute atomic E-state index is 2.41. The Morgan fingerprint density at radius 1 is 1.40 bits per heavy atom. The predicted octanol–water partition coefficient (Wildman–Crippen LogP) is 0.166. The summed E-state index contributed by atoms with van der Waals surface area (Å²) < 4.78 is 5.75. The normalized spacial score (nSPS) is 9.40. The summed E-state index contributed by atoms with van der Waals surface area (Å²) in [6.45, 7) is 2.18. The molecule has 0 atom stereocenters. The Kier molecular flexibility index (Phi) is 3.71. The van der Waals surface area contributed by atoms with Crippen LogP contribution in [0.3, 0.4) is 0 Å². The first kappa shape index (κ1) is 9.05. The Balaban J connectivity index is 3.09. The molecular weight excluding hydrogens is 326 g/mol. The van der Waals surface area contributed by atoms with Crippen LogP contribution in [-0.4, -0.2) is 47.3 Å². The van der Waals surface area contributed by atoms with E-state index in [1.807, 2.05) is 0 Å². The molecule has 1 aromatic carbocycles.